The summed E-state index contributed by atoms with van der Waals surface area (Å²) in [6, 6.07) is 9.30. The standard InChI is InChI=1S/C15H21NO4/c1-3-13(17)11(2)14(18)9-16-15(19)20-10-12-7-5-4-6-8-12/h4-8,11,14,18H,3,9-10H2,1-2H3,(H,16,19). The minimum atomic E-state index is -0.897. The number of hydrogen-bond donors (Lipinski definition) is 2. The SMILES string of the molecule is CCC(=O)C(C)C(O)CNC(=O)OCc1ccccc1. The fraction of sp³-hybridized carbons (Fsp3) is 0.467. The number of carbonyl (C=O) groups excluding carboxylic acids is 2. The highest BCUT2D eigenvalue weighted by Gasteiger charge is 2.21. The maximum atomic E-state index is 11.5. The van der Waals surface area contributed by atoms with E-state index in [0.717, 1.165) is 5.56 Å². The Bertz CT molecular complexity index is 433. The van der Waals surface area contributed by atoms with Crippen molar-refractivity contribution in [3.8, 4) is 0 Å². The molecule has 0 bridgehead atoms. The molecular weight excluding hydrogens is 258 g/mol. The highest BCUT2D eigenvalue weighted by atomic mass is 16.5. The van der Waals surface area contributed by atoms with Gasteiger partial charge >= 0.3 is 6.09 Å². The molecule has 110 valence electrons. The normalized spacial score (nSPS) is 13.3. The average molecular weight is 279 g/mol. The molecule has 0 fully saturated rings. The molecule has 1 aromatic rings. The molecule has 0 aliphatic carbocycles. The molecule has 0 aromatic heterocycles. The van der Waals surface area contributed by atoms with Gasteiger partial charge in [0.15, 0.2) is 0 Å². The first-order chi connectivity index (χ1) is 9.54. The molecule has 0 aliphatic rings. The third-order valence-corrected chi connectivity index (χ3v) is 3.10. The Hall–Kier alpha value is -1.88. The highest BCUT2D eigenvalue weighted by Crippen LogP contribution is 2.06. The molecule has 5 heteroatoms. The lowest BCUT2D eigenvalue weighted by Crippen LogP contribution is -2.38. The second kappa shape index (κ2) is 8.32. The summed E-state index contributed by atoms with van der Waals surface area (Å²) in [4.78, 5) is 22.9. The molecule has 1 rings (SSSR count). The third kappa shape index (κ3) is 5.40. The van der Waals surface area contributed by atoms with Gasteiger partial charge in [0, 0.05) is 18.9 Å². The number of ether oxygens (including phenoxy) is 1. The van der Waals surface area contributed by atoms with E-state index >= 15 is 0 Å². The van der Waals surface area contributed by atoms with Gasteiger partial charge in [0.05, 0.1) is 6.10 Å². The number of nitrogens with one attached hydrogen (secondary N) is 1. The molecule has 1 amide bonds. The van der Waals surface area contributed by atoms with Crippen LogP contribution in [-0.4, -0.2) is 29.6 Å². The number of rotatable bonds is 7. The van der Waals surface area contributed by atoms with Crippen LogP contribution < -0.4 is 5.32 Å². The molecule has 0 aliphatic heterocycles. The summed E-state index contributed by atoms with van der Waals surface area (Å²) in [6.07, 6.45) is -1.13. The first-order valence-electron chi connectivity index (χ1n) is 6.70. The Morgan fingerprint density at radius 2 is 1.95 bits per heavy atom. The molecule has 0 heterocycles. The molecule has 2 atom stereocenters. The summed E-state index contributed by atoms with van der Waals surface area (Å²) in [6.45, 7) is 3.56. The number of alkyl carbamates (subject to hydrolysis) is 1. The molecule has 0 saturated carbocycles. The highest BCUT2D eigenvalue weighted by molar-refractivity contribution is 5.81. The van der Waals surface area contributed by atoms with Crippen LogP contribution in [0.3, 0.4) is 0 Å². The second-order valence-corrected chi connectivity index (χ2v) is 4.62. The molecule has 20 heavy (non-hydrogen) atoms. The number of amides is 1. The van der Waals surface area contributed by atoms with Crippen LogP contribution in [0.4, 0.5) is 4.79 Å². The van der Waals surface area contributed by atoms with Crippen molar-refractivity contribution in [3.05, 3.63) is 35.9 Å². The van der Waals surface area contributed by atoms with E-state index in [1.165, 1.54) is 0 Å². The Morgan fingerprint density at radius 3 is 2.55 bits per heavy atom. The molecule has 2 N–H and O–H groups in total. The van der Waals surface area contributed by atoms with E-state index in [2.05, 4.69) is 5.32 Å². The van der Waals surface area contributed by atoms with Crippen LogP contribution in [0.1, 0.15) is 25.8 Å². The predicted octanol–water partition coefficient (Wildman–Crippen LogP) is 1.89. The second-order valence-electron chi connectivity index (χ2n) is 4.62. The summed E-state index contributed by atoms with van der Waals surface area (Å²) in [5, 5.41) is 12.2. The van der Waals surface area contributed by atoms with Crippen molar-refractivity contribution in [2.45, 2.75) is 33.0 Å². The lowest BCUT2D eigenvalue weighted by molar-refractivity contribution is -0.125. The topological polar surface area (TPSA) is 75.6 Å². The average Bonchev–Trinajstić information content (AvgIpc) is 2.49. The summed E-state index contributed by atoms with van der Waals surface area (Å²) < 4.78 is 5.00. The summed E-state index contributed by atoms with van der Waals surface area (Å²) in [7, 11) is 0. The van der Waals surface area contributed by atoms with Crippen molar-refractivity contribution >= 4 is 11.9 Å². The monoisotopic (exact) mass is 279 g/mol. The third-order valence-electron chi connectivity index (χ3n) is 3.10. The van der Waals surface area contributed by atoms with Crippen LogP contribution in [0.2, 0.25) is 0 Å². The Morgan fingerprint density at radius 1 is 1.30 bits per heavy atom. The van der Waals surface area contributed by atoms with E-state index in [9.17, 15) is 14.7 Å². The van der Waals surface area contributed by atoms with Crippen LogP contribution in [0.15, 0.2) is 30.3 Å². The van der Waals surface area contributed by atoms with Crippen molar-refractivity contribution < 1.29 is 19.4 Å². The minimum absolute atomic E-state index is 0.000525. The first kappa shape index (κ1) is 16.2. The van der Waals surface area contributed by atoms with Gasteiger partial charge in [-0.3, -0.25) is 4.79 Å². The van der Waals surface area contributed by atoms with E-state index in [4.69, 9.17) is 4.74 Å². The van der Waals surface area contributed by atoms with Gasteiger partial charge in [0.1, 0.15) is 12.4 Å². The molecule has 5 nitrogen and oxygen atoms in total. The summed E-state index contributed by atoms with van der Waals surface area (Å²) in [5.74, 6) is -0.522. The van der Waals surface area contributed by atoms with Gasteiger partial charge in [0.25, 0.3) is 0 Å². The fourth-order valence-corrected chi connectivity index (χ4v) is 1.68. The summed E-state index contributed by atoms with van der Waals surface area (Å²) in [5.41, 5.74) is 0.887. The Labute approximate surface area is 118 Å². The van der Waals surface area contributed by atoms with E-state index in [1.807, 2.05) is 30.3 Å². The Kier molecular flexibility index (Phi) is 6.73. The van der Waals surface area contributed by atoms with Gasteiger partial charge in [-0.15, -0.1) is 0 Å². The van der Waals surface area contributed by atoms with E-state index in [1.54, 1.807) is 13.8 Å². The van der Waals surface area contributed by atoms with Crippen molar-refractivity contribution in [2.75, 3.05) is 6.54 Å². The maximum absolute atomic E-state index is 11.5. The zero-order valence-electron chi connectivity index (χ0n) is 11.8. The first-order valence-corrected chi connectivity index (χ1v) is 6.70. The quantitative estimate of drug-likeness (QED) is 0.799. The number of hydrogen-bond acceptors (Lipinski definition) is 4. The van der Waals surface area contributed by atoms with Gasteiger partial charge in [-0.05, 0) is 5.56 Å². The van der Waals surface area contributed by atoms with Crippen LogP contribution in [-0.2, 0) is 16.1 Å². The lowest BCUT2D eigenvalue weighted by Gasteiger charge is -2.17. The fourth-order valence-electron chi connectivity index (χ4n) is 1.68. The number of carbonyl (C=O) groups is 2. The van der Waals surface area contributed by atoms with Crippen LogP contribution in [0, 0.1) is 5.92 Å². The molecular formula is C15H21NO4. The zero-order chi connectivity index (χ0) is 15.0. The Balaban J connectivity index is 2.28. The number of aliphatic hydroxyl groups is 1. The van der Waals surface area contributed by atoms with Gasteiger partial charge in [-0.25, -0.2) is 4.79 Å². The van der Waals surface area contributed by atoms with Gasteiger partial charge < -0.3 is 15.2 Å². The molecule has 0 spiro atoms. The molecule has 0 saturated heterocycles. The number of Topliss-reactive ketones (excluding diaryl/α,β-unsaturated/α-hetero) is 1. The van der Waals surface area contributed by atoms with Gasteiger partial charge in [-0.1, -0.05) is 44.2 Å². The predicted molar refractivity (Wildman–Crippen MR) is 75.1 cm³/mol. The minimum Gasteiger partial charge on any atom is -0.445 e. The van der Waals surface area contributed by atoms with Crippen molar-refractivity contribution in [2.24, 2.45) is 5.92 Å². The van der Waals surface area contributed by atoms with E-state index in [-0.39, 0.29) is 18.9 Å². The van der Waals surface area contributed by atoms with Crippen LogP contribution in [0.5, 0.6) is 0 Å². The molecule has 1 aromatic carbocycles. The molecule has 0 radical (unpaired) electrons. The number of aliphatic hydroxyl groups excluding tert-OH is 1. The van der Waals surface area contributed by atoms with E-state index < -0.39 is 18.1 Å². The van der Waals surface area contributed by atoms with Crippen LogP contribution in [0.25, 0.3) is 0 Å². The number of benzene rings is 1. The smallest absolute Gasteiger partial charge is 0.407 e. The summed E-state index contributed by atoms with van der Waals surface area (Å²) >= 11 is 0. The van der Waals surface area contributed by atoms with E-state index in [0.29, 0.717) is 6.42 Å². The van der Waals surface area contributed by atoms with Crippen LogP contribution >= 0.6 is 0 Å². The maximum Gasteiger partial charge on any atom is 0.407 e. The zero-order valence-corrected chi connectivity index (χ0v) is 11.8. The van der Waals surface area contributed by atoms with Crippen molar-refractivity contribution in [1.82, 2.24) is 5.32 Å². The van der Waals surface area contributed by atoms with Crippen molar-refractivity contribution in [3.63, 3.8) is 0 Å². The number of ketones is 1. The largest absolute Gasteiger partial charge is 0.445 e. The van der Waals surface area contributed by atoms with Gasteiger partial charge in [-0.2, -0.15) is 0 Å². The van der Waals surface area contributed by atoms with Gasteiger partial charge in [0.2, 0.25) is 0 Å². The lowest BCUT2D eigenvalue weighted by atomic mass is 9.98. The molecule has 2 unspecified atom stereocenters. The van der Waals surface area contributed by atoms with Crippen molar-refractivity contribution in [1.29, 1.82) is 0 Å².